The summed E-state index contributed by atoms with van der Waals surface area (Å²) in [5, 5.41) is 11.8. The quantitative estimate of drug-likeness (QED) is 0.320. The maximum absolute atomic E-state index is 12.4. The average Bonchev–Trinajstić information content (AvgIpc) is 2.93. The van der Waals surface area contributed by atoms with Gasteiger partial charge >= 0.3 is 5.97 Å². The number of carboxylic acid groups (broad SMARTS) is 1. The lowest BCUT2D eigenvalue weighted by molar-refractivity contribution is -0.151. The third-order valence-electron chi connectivity index (χ3n) is 6.98. The smallest absolute Gasteiger partial charge is 0.326 e. The van der Waals surface area contributed by atoms with Crippen LogP contribution in [0.3, 0.4) is 0 Å². The molecule has 1 saturated carbocycles. The fourth-order valence-corrected chi connectivity index (χ4v) is 4.84. The number of carbonyl (C=O) groups is 3. The Labute approximate surface area is 220 Å². The van der Waals surface area contributed by atoms with Gasteiger partial charge in [-0.1, -0.05) is 76.5 Å². The minimum absolute atomic E-state index is 0.152. The number of carbonyl (C=O) groups excluding carboxylic acids is 2. The van der Waals surface area contributed by atoms with Gasteiger partial charge in [-0.2, -0.15) is 0 Å². The third kappa shape index (κ3) is 8.92. The molecule has 7 nitrogen and oxygen atoms in total. The highest BCUT2D eigenvalue weighted by Crippen LogP contribution is 2.30. The van der Waals surface area contributed by atoms with Gasteiger partial charge in [0, 0.05) is 13.0 Å². The van der Waals surface area contributed by atoms with Gasteiger partial charge in [0.1, 0.15) is 17.5 Å². The Morgan fingerprint density at radius 3 is 2.22 bits per heavy atom. The highest BCUT2D eigenvalue weighted by atomic mass is 16.5. The van der Waals surface area contributed by atoms with Crippen molar-refractivity contribution in [2.75, 3.05) is 6.54 Å². The van der Waals surface area contributed by atoms with Crippen LogP contribution in [0, 0.1) is 0 Å². The maximum atomic E-state index is 12.4. The van der Waals surface area contributed by atoms with E-state index in [2.05, 4.69) is 24.4 Å². The Bertz CT molecular complexity index is 1010. The summed E-state index contributed by atoms with van der Waals surface area (Å²) in [5.74, 6) is -0.147. The zero-order chi connectivity index (χ0) is 26.5. The minimum atomic E-state index is -1.07. The van der Waals surface area contributed by atoms with Crippen LogP contribution in [0.25, 0.3) is 0 Å². The highest BCUT2D eigenvalue weighted by molar-refractivity contribution is 5.86. The average molecular weight is 509 g/mol. The molecule has 2 aliphatic rings. The molecule has 7 heteroatoms. The van der Waals surface area contributed by atoms with E-state index in [0.29, 0.717) is 12.2 Å². The van der Waals surface area contributed by atoms with Crippen molar-refractivity contribution in [2.45, 2.75) is 90.1 Å². The van der Waals surface area contributed by atoms with Crippen LogP contribution < -0.4 is 10.1 Å². The second kappa shape index (κ2) is 15.0. The normalized spacial score (nSPS) is 16.6. The molecule has 37 heavy (non-hydrogen) atoms. The topological polar surface area (TPSA) is 95.9 Å². The summed E-state index contributed by atoms with van der Waals surface area (Å²) in [6.07, 6.45) is 14.3. The van der Waals surface area contributed by atoms with Gasteiger partial charge in [0.2, 0.25) is 12.3 Å². The Morgan fingerprint density at radius 1 is 0.973 bits per heavy atom. The number of aliphatic carboxylic acids is 1. The van der Waals surface area contributed by atoms with E-state index in [0.717, 1.165) is 23.3 Å². The van der Waals surface area contributed by atoms with Crippen LogP contribution in [0.4, 0.5) is 0 Å². The van der Waals surface area contributed by atoms with Crippen molar-refractivity contribution in [3.63, 3.8) is 0 Å². The number of ether oxygens (including phenoxy) is 1. The zero-order valence-corrected chi connectivity index (χ0v) is 21.9. The van der Waals surface area contributed by atoms with Gasteiger partial charge < -0.3 is 20.1 Å². The number of hydrogen-bond donors (Lipinski definition) is 2. The lowest BCUT2D eigenvalue weighted by Gasteiger charge is -2.34. The molecule has 0 radical (unpaired) electrons. The summed E-state index contributed by atoms with van der Waals surface area (Å²) in [7, 11) is 0. The summed E-state index contributed by atoms with van der Waals surface area (Å²) in [5.41, 5.74) is 2.99. The molecule has 1 fully saturated rings. The number of aryl methyl sites for hydroxylation is 1. The molecule has 2 N–H and O–H groups in total. The van der Waals surface area contributed by atoms with Gasteiger partial charge in [-0.3, -0.25) is 9.59 Å². The van der Waals surface area contributed by atoms with E-state index >= 15 is 0 Å². The monoisotopic (exact) mass is 508 g/mol. The molecule has 1 aliphatic carbocycles. The van der Waals surface area contributed by atoms with E-state index in [-0.39, 0.29) is 19.5 Å². The number of fused-ring (bicyclic) bond motifs is 1. The molecule has 2 amide bonds. The third-order valence-corrected chi connectivity index (χ3v) is 6.98. The van der Waals surface area contributed by atoms with E-state index in [4.69, 9.17) is 4.74 Å². The molecule has 0 aromatic heterocycles. The predicted octanol–water partition coefficient (Wildman–Crippen LogP) is 5.64. The zero-order valence-electron chi connectivity index (χ0n) is 21.9. The molecule has 1 aliphatic heterocycles. The number of nitrogens with one attached hydrogen (secondary N) is 1. The lowest BCUT2D eigenvalue weighted by atomic mass is 9.93. The van der Waals surface area contributed by atoms with Crippen LogP contribution in [0.1, 0.15) is 81.4 Å². The highest BCUT2D eigenvalue weighted by Gasteiger charge is 2.34. The van der Waals surface area contributed by atoms with Crippen molar-refractivity contribution in [2.24, 2.45) is 0 Å². The van der Waals surface area contributed by atoms with E-state index in [1.54, 1.807) is 0 Å². The van der Waals surface area contributed by atoms with Crippen molar-refractivity contribution < 1.29 is 24.2 Å². The second-order valence-electron chi connectivity index (χ2n) is 9.83. The molecular weight excluding hydrogens is 468 g/mol. The SMILES string of the molecule is C1CCCCC1.CCCCCc1ccc(Oc2ccc3c(c2)CN(C(=O)CNC=O)C(C(=O)O)C3)cc1. The summed E-state index contributed by atoms with van der Waals surface area (Å²) in [6.45, 7) is 2.11. The molecule has 1 unspecified atom stereocenters. The van der Waals surface area contributed by atoms with Gasteiger partial charge in [0.25, 0.3) is 0 Å². The van der Waals surface area contributed by atoms with Crippen molar-refractivity contribution >= 4 is 18.3 Å². The van der Waals surface area contributed by atoms with E-state index in [1.165, 1.54) is 68.3 Å². The van der Waals surface area contributed by atoms with E-state index in [1.807, 2.05) is 30.3 Å². The van der Waals surface area contributed by atoms with E-state index in [9.17, 15) is 19.5 Å². The van der Waals surface area contributed by atoms with Gasteiger partial charge in [-0.05, 0) is 53.8 Å². The number of benzene rings is 2. The molecular formula is C30H40N2O5. The lowest BCUT2D eigenvalue weighted by Crippen LogP contribution is -2.51. The Hall–Kier alpha value is -3.35. The predicted molar refractivity (Wildman–Crippen MR) is 144 cm³/mol. The number of nitrogens with zero attached hydrogens (tertiary/aromatic N) is 1. The molecule has 2 aromatic carbocycles. The fraction of sp³-hybridized carbons (Fsp3) is 0.500. The Balaban J connectivity index is 0.000000555. The van der Waals surface area contributed by atoms with Crippen molar-refractivity contribution in [1.82, 2.24) is 10.2 Å². The molecule has 200 valence electrons. The first-order chi connectivity index (χ1) is 18.0. The summed E-state index contributed by atoms with van der Waals surface area (Å²) in [4.78, 5) is 35.8. The van der Waals surface area contributed by atoms with Crippen molar-refractivity contribution in [1.29, 1.82) is 0 Å². The number of amides is 2. The molecule has 0 spiro atoms. The number of unbranched alkanes of at least 4 members (excludes halogenated alkanes) is 2. The van der Waals surface area contributed by atoms with Gasteiger partial charge in [-0.25, -0.2) is 4.79 Å². The van der Waals surface area contributed by atoms with Gasteiger partial charge in [-0.15, -0.1) is 0 Å². The standard InChI is InChI=1S/C24H28N2O5.C6H12/c1-2-3-4-5-17-6-9-20(10-7-17)31-21-11-8-18-13-22(24(29)30)26(15-19(18)12-21)23(28)14-25-16-27;1-2-4-6-5-3-1/h6-12,16,22H,2-5,13-15H2,1H3,(H,25,27)(H,29,30);1-6H2. The van der Waals surface area contributed by atoms with E-state index < -0.39 is 17.9 Å². The minimum Gasteiger partial charge on any atom is -0.480 e. The van der Waals surface area contributed by atoms with Crippen molar-refractivity contribution in [3.8, 4) is 11.5 Å². The van der Waals surface area contributed by atoms with Crippen LogP contribution >= 0.6 is 0 Å². The van der Waals surface area contributed by atoms with Gasteiger partial charge in [0.05, 0.1) is 6.54 Å². The molecule has 1 heterocycles. The first-order valence-corrected chi connectivity index (χ1v) is 13.6. The van der Waals surface area contributed by atoms with Crippen LogP contribution in [0.2, 0.25) is 0 Å². The summed E-state index contributed by atoms with van der Waals surface area (Å²) >= 11 is 0. The molecule has 0 bridgehead atoms. The number of hydrogen-bond acceptors (Lipinski definition) is 4. The summed E-state index contributed by atoms with van der Waals surface area (Å²) < 4.78 is 5.98. The number of rotatable bonds is 10. The van der Waals surface area contributed by atoms with Gasteiger partial charge in [0.15, 0.2) is 0 Å². The van der Waals surface area contributed by atoms with Crippen LogP contribution in [-0.4, -0.2) is 40.9 Å². The maximum Gasteiger partial charge on any atom is 0.326 e. The second-order valence-corrected chi connectivity index (χ2v) is 9.83. The fourth-order valence-electron chi connectivity index (χ4n) is 4.84. The Kier molecular flexibility index (Phi) is 11.5. The first kappa shape index (κ1) is 28.2. The molecule has 1 atom stereocenters. The van der Waals surface area contributed by atoms with Crippen LogP contribution in [-0.2, 0) is 33.8 Å². The molecule has 0 saturated heterocycles. The number of carboxylic acids is 1. The molecule has 2 aromatic rings. The van der Waals surface area contributed by atoms with Crippen molar-refractivity contribution in [3.05, 3.63) is 59.2 Å². The first-order valence-electron chi connectivity index (χ1n) is 13.6. The largest absolute Gasteiger partial charge is 0.480 e. The van der Waals surface area contributed by atoms with Crippen LogP contribution in [0.15, 0.2) is 42.5 Å². The van der Waals surface area contributed by atoms with Crippen LogP contribution in [0.5, 0.6) is 11.5 Å². The summed E-state index contributed by atoms with van der Waals surface area (Å²) in [6, 6.07) is 12.6. The molecule has 4 rings (SSSR count). The Morgan fingerprint density at radius 2 is 1.62 bits per heavy atom.